The highest BCUT2D eigenvalue weighted by Gasteiger charge is 2.54. The van der Waals surface area contributed by atoms with E-state index in [0.29, 0.717) is 16.7 Å². The molecule has 2 aromatic rings. The molecule has 2 heterocycles. The molecule has 0 aliphatic carbocycles. The van der Waals surface area contributed by atoms with Crippen LogP contribution in [0, 0.1) is 11.2 Å². The minimum atomic E-state index is -0.901. The van der Waals surface area contributed by atoms with Crippen LogP contribution in [0.3, 0.4) is 0 Å². The molecular formula is C22H21FN2O3. The van der Waals surface area contributed by atoms with Crippen molar-refractivity contribution >= 4 is 17.6 Å². The van der Waals surface area contributed by atoms with Gasteiger partial charge in [0.2, 0.25) is 5.91 Å². The molecule has 5 nitrogen and oxygen atoms in total. The molecule has 144 valence electrons. The molecule has 28 heavy (non-hydrogen) atoms. The van der Waals surface area contributed by atoms with Gasteiger partial charge in [0.1, 0.15) is 5.82 Å². The summed E-state index contributed by atoms with van der Waals surface area (Å²) >= 11 is 0. The van der Waals surface area contributed by atoms with E-state index >= 15 is 0 Å². The summed E-state index contributed by atoms with van der Waals surface area (Å²) in [5.74, 6) is -1.03. The third kappa shape index (κ3) is 2.71. The molecule has 0 aromatic heterocycles. The number of nitrogens with zero attached hydrogens (tertiary/aromatic N) is 2. The van der Waals surface area contributed by atoms with Crippen LogP contribution < -0.4 is 0 Å². The molecular weight excluding hydrogens is 359 g/mol. The second-order valence-corrected chi connectivity index (χ2v) is 7.77. The van der Waals surface area contributed by atoms with Gasteiger partial charge in [-0.05, 0) is 24.6 Å². The van der Waals surface area contributed by atoms with Gasteiger partial charge >= 0.3 is 0 Å². The van der Waals surface area contributed by atoms with Gasteiger partial charge in [-0.2, -0.15) is 0 Å². The van der Waals surface area contributed by atoms with Gasteiger partial charge in [-0.1, -0.05) is 36.4 Å². The fraction of sp³-hybridized carbons (Fsp3) is 0.318. The summed E-state index contributed by atoms with van der Waals surface area (Å²) < 4.78 is 13.9. The predicted molar refractivity (Wildman–Crippen MR) is 101 cm³/mol. The van der Waals surface area contributed by atoms with Crippen LogP contribution >= 0.6 is 0 Å². The second kappa shape index (κ2) is 6.55. The van der Waals surface area contributed by atoms with E-state index in [-0.39, 0.29) is 37.1 Å². The summed E-state index contributed by atoms with van der Waals surface area (Å²) in [6.07, 6.45) is -0.0715. The van der Waals surface area contributed by atoms with Gasteiger partial charge in [0.25, 0.3) is 5.91 Å². The molecule has 6 heteroatoms. The van der Waals surface area contributed by atoms with Crippen LogP contribution in [0.2, 0.25) is 0 Å². The summed E-state index contributed by atoms with van der Waals surface area (Å²) in [5, 5.41) is 0. The molecule has 0 saturated carbocycles. The van der Waals surface area contributed by atoms with Crippen LogP contribution in [0.15, 0.2) is 48.5 Å². The molecule has 0 bridgehead atoms. The fourth-order valence-corrected chi connectivity index (χ4v) is 4.36. The standard InChI is InChI=1S/C22H21FN2O3/c1-22-13-25(19(26)11-14-7-3-6-10-17(14)23)12-18(22)24(2)21(28)16-9-5-4-8-15(16)20(22)27/h3-10,18H,11-13H2,1-2H3/t18-,22+/m1/s1. The number of fused-ring (bicyclic) bond motifs is 2. The van der Waals surface area contributed by atoms with Crippen molar-refractivity contribution in [3.63, 3.8) is 0 Å². The van der Waals surface area contributed by atoms with Crippen molar-refractivity contribution in [2.24, 2.45) is 5.41 Å². The molecule has 0 N–H and O–H groups in total. The number of carbonyl (C=O) groups excluding carboxylic acids is 3. The summed E-state index contributed by atoms with van der Waals surface area (Å²) in [6.45, 7) is 2.27. The van der Waals surface area contributed by atoms with Crippen molar-refractivity contribution in [1.82, 2.24) is 9.80 Å². The molecule has 0 spiro atoms. The lowest BCUT2D eigenvalue weighted by Gasteiger charge is -2.32. The van der Waals surface area contributed by atoms with Crippen molar-refractivity contribution in [3.05, 3.63) is 71.0 Å². The minimum Gasteiger partial charge on any atom is -0.339 e. The number of amides is 2. The van der Waals surface area contributed by atoms with E-state index in [1.807, 2.05) is 6.92 Å². The molecule has 1 saturated heterocycles. The number of ketones is 1. The van der Waals surface area contributed by atoms with E-state index in [2.05, 4.69) is 0 Å². The SMILES string of the molecule is CN1C(=O)c2ccccc2C(=O)[C@@]2(C)CN(C(=O)Cc3ccccc3F)C[C@@H]12. The van der Waals surface area contributed by atoms with Gasteiger partial charge in [0.15, 0.2) is 5.78 Å². The van der Waals surface area contributed by atoms with Crippen molar-refractivity contribution < 1.29 is 18.8 Å². The van der Waals surface area contributed by atoms with Gasteiger partial charge in [-0.3, -0.25) is 14.4 Å². The largest absolute Gasteiger partial charge is 0.339 e. The number of Topliss-reactive ketones (excluding diaryl/α,β-unsaturated/α-hetero) is 1. The Balaban J connectivity index is 1.65. The van der Waals surface area contributed by atoms with Gasteiger partial charge in [0.05, 0.1) is 23.4 Å². The topological polar surface area (TPSA) is 57.7 Å². The number of hydrogen-bond donors (Lipinski definition) is 0. The van der Waals surface area contributed by atoms with Crippen molar-refractivity contribution in [1.29, 1.82) is 0 Å². The van der Waals surface area contributed by atoms with Gasteiger partial charge in [-0.25, -0.2) is 4.39 Å². The Labute approximate surface area is 162 Å². The van der Waals surface area contributed by atoms with Crippen LogP contribution in [0.25, 0.3) is 0 Å². The molecule has 2 atom stereocenters. The third-order valence-corrected chi connectivity index (χ3v) is 6.01. The maximum Gasteiger partial charge on any atom is 0.254 e. The van der Waals surface area contributed by atoms with Crippen molar-refractivity contribution in [3.8, 4) is 0 Å². The van der Waals surface area contributed by atoms with Crippen LogP contribution in [0.5, 0.6) is 0 Å². The first-order valence-corrected chi connectivity index (χ1v) is 9.25. The average Bonchev–Trinajstić information content (AvgIpc) is 3.04. The molecule has 2 amide bonds. The highest BCUT2D eigenvalue weighted by atomic mass is 19.1. The predicted octanol–water partition coefficient (Wildman–Crippen LogP) is 2.55. The summed E-state index contributed by atoms with van der Waals surface area (Å²) in [7, 11) is 1.67. The summed E-state index contributed by atoms with van der Waals surface area (Å²) in [6, 6.07) is 12.6. The number of rotatable bonds is 2. The Bertz CT molecular complexity index is 989. The highest BCUT2D eigenvalue weighted by Crippen LogP contribution is 2.40. The molecule has 0 unspecified atom stereocenters. The Morgan fingerprint density at radius 1 is 1.11 bits per heavy atom. The molecule has 4 rings (SSSR count). The average molecular weight is 380 g/mol. The van der Waals surface area contributed by atoms with E-state index in [9.17, 15) is 18.8 Å². The number of hydrogen-bond acceptors (Lipinski definition) is 3. The first-order valence-electron chi connectivity index (χ1n) is 9.25. The molecule has 1 fully saturated rings. The number of benzene rings is 2. The molecule has 2 aliphatic rings. The van der Waals surface area contributed by atoms with E-state index < -0.39 is 17.3 Å². The zero-order valence-electron chi connectivity index (χ0n) is 15.8. The Hall–Kier alpha value is -3.02. The van der Waals surface area contributed by atoms with Crippen LogP contribution in [0.4, 0.5) is 4.39 Å². The van der Waals surface area contributed by atoms with Crippen LogP contribution in [0.1, 0.15) is 33.2 Å². The minimum absolute atomic E-state index is 0.0715. The molecule has 2 aromatic carbocycles. The number of likely N-dealkylation sites (tertiary alicyclic amines) is 1. The number of carbonyl (C=O) groups is 3. The van der Waals surface area contributed by atoms with E-state index in [0.717, 1.165) is 0 Å². The monoisotopic (exact) mass is 380 g/mol. The zero-order valence-corrected chi connectivity index (χ0v) is 15.8. The van der Waals surface area contributed by atoms with E-state index in [1.165, 1.54) is 6.07 Å². The summed E-state index contributed by atoms with van der Waals surface area (Å²) in [4.78, 5) is 42.2. The first-order chi connectivity index (χ1) is 13.3. The Kier molecular flexibility index (Phi) is 4.29. The van der Waals surface area contributed by atoms with Crippen molar-refractivity contribution in [2.45, 2.75) is 19.4 Å². The smallest absolute Gasteiger partial charge is 0.254 e. The zero-order chi connectivity index (χ0) is 20.1. The maximum absolute atomic E-state index is 13.9. The van der Waals surface area contributed by atoms with E-state index in [1.54, 1.807) is 59.3 Å². The number of halogens is 1. The Morgan fingerprint density at radius 3 is 2.46 bits per heavy atom. The fourth-order valence-electron chi connectivity index (χ4n) is 4.36. The number of likely N-dealkylation sites (N-methyl/N-ethyl adjacent to an activating group) is 1. The second-order valence-electron chi connectivity index (χ2n) is 7.77. The van der Waals surface area contributed by atoms with Gasteiger partial charge < -0.3 is 9.80 Å². The molecule has 0 radical (unpaired) electrons. The van der Waals surface area contributed by atoms with E-state index in [4.69, 9.17) is 0 Å². The summed E-state index contributed by atoms with van der Waals surface area (Å²) in [5.41, 5.74) is 0.218. The Morgan fingerprint density at radius 2 is 1.75 bits per heavy atom. The first kappa shape index (κ1) is 18.3. The molecule has 2 aliphatic heterocycles. The van der Waals surface area contributed by atoms with Crippen molar-refractivity contribution in [2.75, 3.05) is 20.1 Å². The van der Waals surface area contributed by atoms with Crippen LogP contribution in [-0.4, -0.2) is 53.6 Å². The maximum atomic E-state index is 13.9. The lowest BCUT2D eigenvalue weighted by Crippen LogP contribution is -2.48. The lowest BCUT2D eigenvalue weighted by atomic mass is 9.78. The lowest BCUT2D eigenvalue weighted by molar-refractivity contribution is -0.129. The van der Waals surface area contributed by atoms with Gasteiger partial charge in [0, 0.05) is 25.7 Å². The van der Waals surface area contributed by atoms with Crippen LogP contribution in [-0.2, 0) is 11.2 Å². The highest BCUT2D eigenvalue weighted by molar-refractivity contribution is 6.12. The van der Waals surface area contributed by atoms with Gasteiger partial charge in [-0.15, -0.1) is 0 Å². The normalized spacial score (nSPS) is 24.0. The quantitative estimate of drug-likeness (QED) is 0.805. The third-order valence-electron chi connectivity index (χ3n) is 6.01.